The highest BCUT2D eigenvalue weighted by Crippen LogP contribution is 2.32. The number of carbonyl (C=O) groups is 1. The fraction of sp³-hybridized carbons (Fsp3) is 0.923. The Morgan fingerprint density at radius 1 is 1.31 bits per heavy atom. The van der Waals surface area contributed by atoms with Crippen molar-refractivity contribution >= 4 is 5.97 Å². The molecule has 2 aliphatic rings. The highest BCUT2D eigenvalue weighted by atomic mass is 16.5. The molecule has 0 aromatic carbocycles. The van der Waals surface area contributed by atoms with Crippen LogP contribution < -0.4 is 5.32 Å². The molecule has 0 saturated heterocycles. The van der Waals surface area contributed by atoms with Gasteiger partial charge in [0.25, 0.3) is 0 Å². The maximum Gasteiger partial charge on any atom is 0.310 e. The van der Waals surface area contributed by atoms with Crippen LogP contribution in [0.1, 0.15) is 45.4 Å². The molecule has 2 saturated carbocycles. The smallest absolute Gasteiger partial charge is 0.310 e. The molecule has 0 aromatic heterocycles. The van der Waals surface area contributed by atoms with E-state index in [1.165, 1.54) is 19.3 Å². The summed E-state index contributed by atoms with van der Waals surface area (Å²) < 4.78 is 5.12. The molecule has 0 aromatic rings. The number of esters is 1. The Hall–Kier alpha value is -0.570. The number of rotatable bonds is 6. The van der Waals surface area contributed by atoms with E-state index in [1.807, 2.05) is 6.92 Å². The van der Waals surface area contributed by atoms with Gasteiger partial charge in [-0.05, 0) is 38.6 Å². The SMILES string of the molecule is CCOC(=O)[C@H]1CCC[C@@H]1NCCC1CC1. The van der Waals surface area contributed by atoms with Crippen molar-refractivity contribution in [3.05, 3.63) is 0 Å². The third-order valence-electron chi connectivity index (χ3n) is 3.76. The second kappa shape index (κ2) is 5.67. The lowest BCUT2D eigenvalue weighted by atomic mass is 10.0. The lowest BCUT2D eigenvalue weighted by Crippen LogP contribution is -2.37. The second-order valence-corrected chi connectivity index (χ2v) is 5.08. The van der Waals surface area contributed by atoms with Crippen LogP contribution in [-0.4, -0.2) is 25.2 Å². The molecule has 1 N–H and O–H groups in total. The molecular formula is C13H23NO2. The van der Waals surface area contributed by atoms with Crippen LogP contribution in [0.5, 0.6) is 0 Å². The van der Waals surface area contributed by atoms with Crippen molar-refractivity contribution in [2.45, 2.75) is 51.5 Å². The van der Waals surface area contributed by atoms with Crippen molar-refractivity contribution < 1.29 is 9.53 Å². The van der Waals surface area contributed by atoms with Gasteiger partial charge in [0.2, 0.25) is 0 Å². The number of ether oxygens (including phenoxy) is 1. The maximum atomic E-state index is 11.7. The highest BCUT2D eigenvalue weighted by molar-refractivity contribution is 5.73. The van der Waals surface area contributed by atoms with Gasteiger partial charge in [-0.3, -0.25) is 4.79 Å². The molecule has 2 aliphatic carbocycles. The molecule has 2 fully saturated rings. The lowest BCUT2D eigenvalue weighted by Gasteiger charge is -2.19. The first kappa shape index (κ1) is 11.9. The Bertz CT molecular complexity index is 238. The Balaban J connectivity index is 1.71. The van der Waals surface area contributed by atoms with E-state index in [2.05, 4.69) is 5.32 Å². The first-order valence-electron chi connectivity index (χ1n) is 6.71. The molecule has 0 heterocycles. The summed E-state index contributed by atoms with van der Waals surface area (Å²) in [5.41, 5.74) is 0. The van der Waals surface area contributed by atoms with Gasteiger partial charge in [-0.1, -0.05) is 19.3 Å². The summed E-state index contributed by atoms with van der Waals surface area (Å²) in [5.74, 6) is 1.08. The third kappa shape index (κ3) is 3.21. The molecule has 2 rings (SSSR count). The van der Waals surface area contributed by atoms with Gasteiger partial charge in [-0.15, -0.1) is 0 Å². The summed E-state index contributed by atoms with van der Waals surface area (Å²) >= 11 is 0. The van der Waals surface area contributed by atoms with Crippen LogP contribution in [-0.2, 0) is 9.53 Å². The summed E-state index contributed by atoms with van der Waals surface area (Å²) in [7, 11) is 0. The van der Waals surface area contributed by atoms with Crippen molar-refractivity contribution in [1.29, 1.82) is 0 Å². The lowest BCUT2D eigenvalue weighted by molar-refractivity contribution is -0.148. The zero-order chi connectivity index (χ0) is 11.4. The van der Waals surface area contributed by atoms with E-state index in [-0.39, 0.29) is 11.9 Å². The molecule has 3 nitrogen and oxygen atoms in total. The van der Waals surface area contributed by atoms with Crippen LogP contribution in [0.25, 0.3) is 0 Å². The Morgan fingerprint density at radius 3 is 2.81 bits per heavy atom. The van der Waals surface area contributed by atoms with Gasteiger partial charge in [0, 0.05) is 6.04 Å². The topological polar surface area (TPSA) is 38.3 Å². The summed E-state index contributed by atoms with van der Waals surface area (Å²) in [6.45, 7) is 3.46. The molecule has 16 heavy (non-hydrogen) atoms. The minimum atomic E-state index is 0.00363. The number of nitrogens with one attached hydrogen (secondary N) is 1. The number of hydrogen-bond donors (Lipinski definition) is 1. The maximum absolute atomic E-state index is 11.7. The van der Waals surface area contributed by atoms with Crippen LogP contribution in [0, 0.1) is 11.8 Å². The van der Waals surface area contributed by atoms with E-state index in [9.17, 15) is 4.79 Å². The minimum absolute atomic E-state index is 0.00363. The molecule has 92 valence electrons. The van der Waals surface area contributed by atoms with Gasteiger partial charge in [-0.25, -0.2) is 0 Å². The quantitative estimate of drug-likeness (QED) is 0.704. The van der Waals surface area contributed by atoms with Gasteiger partial charge in [0.15, 0.2) is 0 Å². The van der Waals surface area contributed by atoms with Crippen LogP contribution in [0.15, 0.2) is 0 Å². The van der Waals surface area contributed by atoms with Crippen molar-refractivity contribution in [3.63, 3.8) is 0 Å². The fourth-order valence-electron chi connectivity index (χ4n) is 2.62. The molecule has 0 bridgehead atoms. The minimum Gasteiger partial charge on any atom is -0.466 e. The van der Waals surface area contributed by atoms with Gasteiger partial charge in [0.05, 0.1) is 12.5 Å². The van der Waals surface area contributed by atoms with E-state index in [4.69, 9.17) is 4.74 Å². The van der Waals surface area contributed by atoms with Crippen molar-refractivity contribution in [1.82, 2.24) is 5.32 Å². The second-order valence-electron chi connectivity index (χ2n) is 5.08. The van der Waals surface area contributed by atoms with E-state index < -0.39 is 0 Å². The average molecular weight is 225 g/mol. The van der Waals surface area contributed by atoms with Gasteiger partial charge in [0.1, 0.15) is 0 Å². The van der Waals surface area contributed by atoms with E-state index in [0.29, 0.717) is 12.6 Å². The first-order chi connectivity index (χ1) is 7.81. The predicted molar refractivity (Wildman–Crippen MR) is 63.1 cm³/mol. The molecule has 2 atom stereocenters. The number of hydrogen-bond acceptors (Lipinski definition) is 3. The summed E-state index contributed by atoms with van der Waals surface area (Å²) in [6.07, 6.45) is 7.39. The third-order valence-corrected chi connectivity index (χ3v) is 3.76. The monoisotopic (exact) mass is 225 g/mol. The Kier molecular flexibility index (Phi) is 4.22. The average Bonchev–Trinajstić information content (AvgIpc) is 2.96. The van der Waals surface area contributed by atoms with E-state index in [1.54, 1.807) is 0 Å². The van der Waals surface area contributed by atoms with Crippen molar-refractivity contribution in [3.8, 4) is 0 Å². The summed E-state index contributed by atoms with van der Waals surface area (Å²) in [5, 5.41) is 3.54. The van der Waals surface area contributed by atoms with Crippen molar-refractivity contribution in [2.24, 2.45) is 11.8 Å². The first-order valence-corrected chi connectivity index (χ1v) is 6.71. The van der Waals surface area contributed by atoms with E-state index >= 15 is 0 Å². The van der Waals surface area contributed by atoms with Crippen LogP contribution in [0.3, 0.4) is 0 Å². The Labute approximate surface area is 97.9 Å². The van der Waals surface area contributed by atoms with Gasteiger partial charge in [-0.2, -0.15) is 0 Å². The molecular weight excluding hydrogens is 202 g/mol. The number of carbonyl (C=O) groups excluding carboxylic acids is 1. The Morgan fingerprint density at radius 2 is 2.12 bits per heavy atom. The molecule has 0 radical (unpaired) electrons. The van der Waals surface area contributed by atoms with Crippen molar-refractivity contribution in [2.75, 3.05) is 13.2 Å². The van der Waals surface area contributed by atoms with Gasteiger partial charge < -0.3 is 10.1 Å². The van der Waals surface area contributed by atoms with Crippen LogP contribution in [0.2, 0.25) is 0 Å². The molecule has 0 unspecified atom stereocenters. The fourth-order valence-corrected chi connectivity index (χ4v) is 2.62. The molecule has 0 aliphatic heterocycles. The summed E-state index contributed by atoms with van der Waals surface area (Å²) in [4.78, 5) is 11.7. The zero-order valence-electron chi connectivity index (χ0n) is 10.2. The molecule has 0 spiro atoms. The predicted octanol–water partition coefficient (Wildman–Crippen LogP) is 2.11. The van der Waals surface area contributed by atoms with E-state index in [0.717, 1.165) is 31.7 Å². The molecule has 0 amide bonds. The molecule has 3 heteroatoms. The summed E-state index contributed by atoms with van der Waals surface area (Å²) in [6, 6.07) is 0.373. The van der Waals surface area contributed by atoms with Crippen LogP contribution >= 0.6 is 0 Å². The van der Waals surface area contributed by atoms with Gasteiger partial charge >= 0.3 is 5.97 Å². The normalized spacial score (nSPS) is 29.3. The largest absolute Gasteiger partial charge is 0.466 e. The highest BCUT2D eigenvalue weighted by Gasteiger charge is 2.33. The van der Waals surface area contributed by atoms with Crippen LogP contribution in [0.4, 0.5) is 0 Å². The standard InChI is InChI=1S/C13H23NO2/c1-2-16-13(15)11-4-3-5-12(11)14-9-8-10-6-7-10/h10-12,14H,2-9H2,1H3/t11-,12-/m0/s1. The zero-order valence-corrected chi connectivity index (χ0v) is 10.2.